The van der Waals surface area contributed by atoms with E-state index in [2.05, 4.69) is 4.74 Å². The lowest BCUT2D eigenvalue weighted by molar-refractivity contribution is -0.150. The summed E-state index contributed by atoms with van der Waals surface area (Å²) in [4.78, 5) is 11.0. The summed E-state index contributed by atoms with van der Waals surface area (Å²) < 4.78 is 17.6. The van der Waals surface area contributed by atoms with Crippen molar-refractivity contribution in [1.29, 1.82) is 0 Å². The summed E-state index contributed by atoms with van der Waals surface area (Å²) in [6.45, 7) is 1.54. The van der Waals surface area contributed by atoms with E-state index in [1.807, 2.05) is 0 Å². The van der Waals surface area contributed by atoms with Gasteiger partial charge in [0.1, 0.15) is 5.82 Å². The number of benzene rings is 1. The second-order valence-electron chi connectivity index (χ2n) is 3.03. The molecule has 1 rings (SSSR count). The number of halogens is 2. The monoisotopic (exact) mass is 232 g/mol. The molecule has 0 saturated heterocycles. The van der Waals surface area contributed by atoms with Crippen LogP contribution in [0.15, 0.2) is 12.1 Å². The van der Waals surface area contributed by atoms with Crippen LogP contribution in [0.3, 0.4) is 0 Å². The highest BCUT2D eigenvalue weighted by molar-refractivity contribution is 6.31. The van der Waals surface area contributed by atoms with E-state index in [0.29, 0.717) is 5.56 Å². The Morgan fingerprint density at radius 2 is 2.20 bits per heavy atom. The topological polar surface area (TPSA) is 46.5 Å². The molecule has 0 aromatic heterocycles. The zero-order valence-corrected chi connectivity index (χ0v) is 9.01. The summed E-state index contributed by atoms with van der Waals surface area (Å²) in [5.74, 6) is -1.52. The van der Waals surface area contributed by atoms with Gasteiger partial charge in [-0.2, -0.15) is 0 Å². The minimum Gasteiger partial charge on any atom is -0.467 e. The summed E-state index contributed by atoms with van der Waals surface area (Å²) in [6.07, 6.45) is -1.56. The molecular formula is C10H10ClFO3. The molecule has 0 saturated carbocycles. The first-order chi connectivity index (χ1) is 6.99. The average molecular weight is 233 g/mol. The van der Waals surface area contributed by atoms with Crippen LogP contribution in [0, 0.1) is 12.7 Å². The minimum absolute atomic E-state index is 0.00613. The molecule has 3 nitrogen and oxygen atoms in total. The van der Waals surface area contributed by atoms with E-state index in [-0.39, 0.29) is 10.6 Å². The van der Waals surface area contributed by atoms with Crippen LogP contribution in [0.25, 0.3) is 0 Å². The molecule has 5 heteroatoms. The molecule has 0 amide bonds. The third-order valence-electron chi connectivity index (χ3n) is 2.02. The highest BCUT2D eigenvalue weighted by Gasteiger charge is 2.22. The minimum atomic E-state index is -1.56. The Balaban J connectivity index is 3.16. The number of carbonyl (C=O) groups excluding carboxylic acids is 1. The second kappa shape index (κ2) is 4.59. The number of aliphatic hydroxyl groups is 1. The van der Waals surface area contributed by atoms with Gasteiger partial charge in [-0.1, -0.05) is 23.7 Å². The molecule has 0 bridgehead atoms. The number of hydrogen-bond acceptors (Lipinski definition) is 3. The van der Waals surface area contributed by atoms with Crippen molar-refractivity contribution in [1.82, 2.24) is 0 Å². The fourth-order valence-electron chi connectivity index (χ4n) is 1.11. The number of hydrogen-bond donors (Lipinski definition) is 1. The number of aryl methyl sites for hydroxylation is 1. The molecule has 1 aromatic carbocycles. The van der Waals surface area contributed by atoms with Gasteiger partial charge >= 0.3 is 5.97 Å². The number of methoxy groups -OCH3 is 1. The van der Waals surface area contributed by atoms with Crippen molar-refractivity contribution < 1.29 is 19.0 Å². The molecule has 1 unspecified atom stereocenters. The summed E-state index contributed by atoms with van der Waals surface area (Å²) >= 11 is 5.65. The lowest BCUT2D eigenvalue weighted by atomic mass is 10.1. The van der Waals surface area contributed by atoms with Crippen LogP contribution in [-0.4, -0.2) is 18.2 Å². The zero-order valence-electron chi connectivity index (χ0n) is 8.25. The number of ether oxygens (including phenoxy) is 1. The quantitative estimate of drug-likeness (QED) is 0.794. The fourth-order valence-corrected chi connectivity index (χ4v) is 1.43. The first-order valence-electron chi connectivity index (χ1n) is 4.19. The molecule has 1 atom stereocenters. The van der Waals surface area contributed by atoms with Crippen LogP contribution in [0.5, 0.6) is 0 Å². The summed E-state index contributed by atoms with van der Waals surface area (Å²) in [7, 11) is 1.13. The highest BCUT2D eigenvalue weighted by Crippen LogP contribution is 2.28. The van der Waals surface area contributed by atoms with Crippen LogP contribution in [0.2, 0.25) is 5.02 Å². The number of esters is 1. The maximum Gasteiger partial charge on any atom is 0.339 e. The van der Waals surface area contributed by atoms with E-state index in [9.17, 15) is 14.3 Å². The van der Waals surface area contributed by atoms with Crippen molar-refractivity contribution in [2.24, 2.45) is 0 Å². The van der Waals surface area contributed by atoms with Crippen molar-refractivity contribution in [3.8, 4) is 0 Å². The lowest BCUT2D eigenvalue weighted by Crippen LogP contribution is -2.14. The third-order valence-corrected chi connectivity index (χ3v) is 2.41. The maximum absolute atomic E-state index is 13.3. The molecule has 0 aliphatic heterocycles. The van der Waals surface area contributed by atoms with E-state index in [4.69, 9.17) is 11.6 Å². The van der Waals surface area contributed by atoms with Gasteiger partial charge in [0, 0.05) is 5.56 Å². The Labute approximate surface area is 91.4 Å². The lowest BCUT2D eigenvalue weighted by Gasteiger charge is -2.11. The van der Waals surface area contributed by atoms with Gasteiger partial charge in [-0.3, -0.25) is 0 Å². The van der Waals surface area contributed by atoms with Gasteiger partial charge in [-0.25, -0.2) is 9.18 Å². The molecule has 0 aliphatic carbocycles. The molecule has 0 fully saturated rings. The van der Waals surface area contributed by atoms with Gasteiger partial charge in [0.2, 0.25) is 0 Å². The SMILES string of the molecule is COC(=O)C(O)c1ccc(C)c(F)c1Cl. The molecule has 0 heterocycles. The largest absolute Gasteiger partial charge is 0.467 e. The third kappa shape index (κ3) is 2.27. The molecule has 15 heavy (non-hydrogen) atoms. The van der Waals surface area contributed by atoms with Crippen molar-refractivity contribution in [2.75, 3.05) is 7.11 Å². The zero-order chi connectivity index (χ0) is 11.6. The van der Waals surface area contributed by atoms with Crippen LogP contribution in [-0.2, 0) is 9.53 Å². The predicted molar refractivity (Wildman–Crippen MR) is 53.1 cm³/mol. The van der Waals surface area contributed by atoms with Crippen molar-refractivity contribution in [2.45, 2.75) is 13.0 Å². The van der Waals surface area contributed by atoms with Crippen LogP contribution in [0.1, 0.15) is 17.2 Å². The van der Waals surface area contributed by atoms with Gasteiger partial charge in [0.15, 0.2) is 6.10 Å². The average Bonchev–Trinajstić information content (AvgIpc) is 2.24. The molecule has 82 valence electrons. The van der Waals surface area contributed by atoms with E-state index in [1.54, 1.807) is 0 Å². The maximum atomic E-state index is 13.3. The van der Waals surface area contributed by atoms with E-state index in [1.165, 1.54) is 19.1 Å². The van der Waals surface area contributed by atoms with Crippen molar-refractivity contribution in [3.63, 3.8) is 0 Å². The first kappa shape index (κ1) is 11.9. The Bertz CT molecular complexity index is 392. The molecule has 0 aliphatic rings. The van der Waals surface area contributed by atoms with E-state index >= 15 is 0 Å². The van der Waals surface area contributed by atoms with Crippen molar-refractivity contribution in [3.05, 3.63) is 34.1 Å². The summed E-state index contributed by atoms with van der Waals surface area (Å²) in [6, 6.07) is 2.82. The molecule has 0 spiro atoms. The summed E-state index contributed by atoms with van der Waals surface area (Å²) in [5, 5.41) is 9.20. The molecule has 0 radical (unpaired) electrons. The highest BCUT2D eigenvalue weighted by atomic mass is 35.5. The molecular weight excluding hydrogens is 223 g/mol. The van der Waals surface area contributed by atoms with Crippen LogP contribution < -0.4 is 0 Å². The number of aliphatic hydroxyl groups excluding tert-OH is 1. The Morgan fingerprint density at radius 3 is 2.73 bits per heavy atom. The van der Waals surface area contributed by atoms with Crippen LogP contribution in [0.4, 0.5) is 4.39 Å². The Hall–Kier alpha value is -1.13. The molecule has 1 N–H and O–H groups in total. The fraction of sp³-hybridized carbons (Fsp3) is 0.300. The number of carbonyl (C=O) groups is 1. The second-order valence-corrected chi connectivity index (χ2v) is 3.40. The standard InChI is InChI=1S/C10H10ClFO3/c1-5-3-4-6(7(11)8(5)12)9(13)10(14)15-2/h3-4,9,13H,1-2H3. The van der Waals surface area contributed by atoms with Gasteiger partial charge < -0.3 is 9.84 Å². The van der Waals surface area contributed by atoms with Gasteiger partial charge in [0.05, 0.1) is 12.1 Å². The van der Waals surface area contributed by atoms with Crippen molar-refractivity contribution >= 4 is 17.6 Å². The van der Waals surface area contributed by atoms with Gasteiger partial charge in [-0.15, -0.1) is 0 Å². The van der Waals surface area contributed by atoms with E-state index in [0.717, 1.165) is 7.11 Å². The Kier molecular flexibility index (Phi) is 3.66. The predicted octanol–water partition coefficient (Wildman–Crippen LogP) is 1.99. The smallest absolute Gasteiger partial charge is 0.339 e. The van der Waals surface area contributed by atoms with Crippen LogP contribution >= 0.6 is 11.6 Å². The summed E-state index contributed by atoms with van der Waals surface area (Å²) in [5.41, 5.74) is 0.354. The number of rotatable bonds is 2. The molecule has 1 aromatic rings. The first-order valence-corrected chi connectivity index (χ1v) is 4.57. The van der Waals surface area contributed by atoms with Gasteiger partial charge in [0.25, 0.3) is 0 Å². The normalized spacial score (nSPS) is 12.3. The van der Waals surface area contributed by atoms with Gasteiger partial charge in [-0.05, 0) is 12.5 Å². The Morgan fingerprint density at radius 1 is 1.60 bits per heavy atom. The van der Waals surface area contributed by atoms with E-state index < -0.39 is 17.9 Å².